The van der Waals surface area contributed by atoms with Gasteiger partial charge in [-0.05, 0) is 36.8 Å². The van der Waals surface area contributed by atoms with Crippen LogP contribution in [0, 0.1) is 5.92 Å². The van der Waals surface area contributed by atoms with Crippen LogP contribution in [0.3, 0.4) is 0 Å². The van der Waals surface area contributed by atoms with Crippen molar-refractivity contribution >= 4 is 29.3 Å². The average molecular weight is 407 g/mol. The van der Waals surface area contributed by atoms with Gasteiger partial charge in [0.25, 0.3) is 5.91 Å². The minimum Gasteiger partial charge on any atom is -0.340 e. The largest absolute Gasteiger partial charge is 0.340 e. The molecular formula is C17H19ClN6O2S. The lowest BCUT2D eigenvalue weighted by molar-refractivity contribution is 0.0922. The second-order valence-corrected chi connectivity index (χ2v) is 7.58. The Morgan fingerprint density at radius 2 is 2.22 bits per heavy atom. The third-order valence-corrected chi connectivity index (χ3v) is 4.85. The molecule has 1 atom stereocenters. The van der Waals surface area contributed by atoms with Gasteiger partial charge in [-0.2, -0.15) is 10.1 Å². The molecule has 0 radical (unpaired) electrons. The van der Waals surface area contributed by atoms with Crippen molar-refractivity contribution in [1.82, 2.24) is 30.6 Å². The quantitative estimate of drug-likeness (QED) is 0.575. The molecule has 1 unspecified atom stereocenters. The number of benzene rings is 1. The second kappa shape index (κ2) is 8.53. The normalized spacial score (nSPS) is 12.3. The fraction of sp³-hybridized carbons (Fsp3) is 0.353. The van der Waals surface area contributed by atoms with Crippen LogP contribution in [0.4, 0.5) is 0 Å². The Labute approximate surface area is 165 Å². The van der Waals surface area contributed by atoms with Crippen molar-refractivity contribution in [3.8, 4) is 11.6 Å². The first-order valence-corrected chi connectivity index (χ1v) is 9.92. The van der Waals surface area contributed by atoms with Crippen molar-refractivity contribution in [3.05, 3.63) is 41.0 Å². The summed E-state index contributed by atoms with van der Waals surface area (Å²) in [5, 5.41) is 13.7. The summed E-state index contributed by atoms with van der Waals surface area (Å²) in [6.07, 6.45) is 3.93. The van der Waals surface area contributed by atoms with Crippen molar-refractivity contribution in [1.29, 1.82) is 0 Å². The minimum absolute atomic E-state index is 0.285. The van der Waals surface area contributed by atoms with E-state index in [1.807, 2.05) is 26.2 Å². The maximum atomic E-state index is 12.8. The molecule has 0 aliphatic heterocycles. The van der Waals surface area contributed by atoms with Gasteiger partial charge >= 0.3 is 0 Å². The predicted octanol–water partition coefficient (Wildman–Crippen LogP) is 3.75. The van der Waals surface area contributed by atoms with E-state index in [9.17, 15) is 4.79 Å². The Morgan fingerprint density at radius 3 is 2.89 bits per heavy atom. The molecule has 0 spiro atoms. The summed E-state index contributed by atoms with van der Waals surface area (Å²) in [4.78, 5) is 22.1. The van der Waals surface area contributed by atoms with Gasteiger partial charge in [0.2, 0.25) is 11.7 Å². The Hall–Kier alpha value is -2.39. The second-order valence-electron chi connectivity index (χ2n) is 6.29. The lowest BCUT2D eigenvalue weighted by Gasteiger charge is -2.17. The molecule has 10 heteroatoms. The average Bonchev–Trinajstić information content (AvgIpc) is 3.32. The molecule has 1 amide bonds. The van der Waals surface area contributed by atoms with Gasteiger partial charge in [-0.1, -0.05) is 30.6 Å². The third kappa shape index (κ3) is 4.67. The maximum absolute atomic E-state index is 12.8. The van der Waals surface area contributed by atoms with E-state index < -0.39 is 6.04 Å². The summed E-state index contributed by atoms with van der Waals surface area (Å²) in [6.45, 7) is 4.10. The Kier molecular flexibility index (Phi) is 6.12. The molecule has 1 aromatic carbocycles. The van der Waals surface area contributed by atoms with E-state index in [-0.39, 0.29) is 11.7 Å². The van der Waals surface area contributed by atoms with E-state index in [0.29, 0.717) is 34.6 Å². The number of carbonyl (C=O) groups excluding carboxylic acids is 1. The molecule has 8 nitrogen and oxygen atoms in total. The highest BCUT2D eigenvalue weighted by molar-refractivity contribution is 7.98. The topological polar surface area (TPSA) is 110 Å². The lowest BCUT2D eigenvalue weighted by atomic mass is 10.0. The molecule has 0 saturated heterocycles. The van der Waals surface area contributed by atoms with Crippen molar-refractivity contribution in [2.24, 2.45) is 5.92 Å². The summed E-state index contributed by atoms with van der Waals surface area (Å²) in [6, 6.07) is 4.91. The zero-order valence-corrected chi connectivity index (χ0v) is 16.6. The Balaban J connectivity index is 1.84. The molecule has 0 aliphatic carbocycles. The van der Waals surface area contributed by atoms with E-state index in [1.54, 1.807) is 23.9 Å². The summed E-state index contributed by atoms with van der Waals surface area (Å²) in [5.74, 6) is 0.994. The Bertz CT molecular complexity index is 912. The molecule has 2 aromatic heterocycles. The molecule has 0 fully saturated rings. The highest BCUT2D eigenvalue weighted by Crippen LogP contribution is 2.26. The molecule has 0 aliphatic rings. The molecule has 27 heavy (non-hydrogen) atoms. The van der Waals surface area contributed by atoms with Crippen molar-refractivity contribution < 1.29 is 9.32 Å². The smallest absolute Gasteiger partial charge is 0.253 e. The monoisotopic (exact) mass is 406 g/mol. The van der Waals surface area contributed by atoms with Crippen LogP contribution in [0.15, 0.2) is 33.9 Å². The number of halogens is 1. The Morgan fingerprint density at radius 1 is 1.41 bits per heavy atom. The third-order valence-electron chi connectivity index (χ3n) is 3.80. The number of thioether (sulfide) groups is 1. The lowest BCUT2D eigenvalue weighted by Crippen LogP contribution is -2.30. The number of rotatable bonds is 7. The van der Waals surface area contributed by atoms with E-state index in [2.05, 4.69) is 30.6 Å². The van der Waals surface area contributed by atoms with Crippen molar-refractivity contribution in [3.63, 3.8) is 0 Å². The van der Waals surface area contributed by atoms with Gasteiger partial charge in [-0.3, -0.25) is 9.89 Å². The molecule has 3 rings (SSSR count). The molecular weight excluding hydrogens is 388 g/mol. The highest BCUT2D eigenvalue weighted by atomic mass is 35.5. The number of nitrogens with zero attached hydrogens (tertiary/aromatic N) is 4. The number of aromatic amines is 1. The molecule has 142 valence electrons. The van der Waals surface area contributed by atoms with Crippen LogP contribution in [-0.2, 0) is 0 Å². The summed E-state index contributed by atoms with van der Waals surface area (Å²) < 4.78 is 5.36. The standard InChI is InChI=1S/C17H19ClN6O2S/c1-9(2)6-13(17-22-15(24-26-17)14-19-8-20-23-14)21-16(25)11-7-10(27-3)4-5-12(11)18/h4-5,7-9,13H,6H2,1-3H3,(H,21,25)(H,19,20,23). The predicted molar refractivity (Wildman–Crippen MR) is 103 cm³/mol. The van der Waals surface area contributed by atoms with Crippen molar-refractivity contribution in [2.45, 2.75) is 31.2 Å². The summed E-state index contributed by atoms with van der Waals surface area (Å²) >= 11 is 7.76. The minimum atomic E-state index is -0.448. The van der Waals surface area contributed by atoms with Gasteiger partial charge in [-0.25, -0.2) is 4.98 Å². The van der Waals surface area contributed by atoms with E-state index in [0.717, 1.165) is 4.90 Å². The van der Waals surface area contributed by atoms with Gasteiger partial charge in [0, 0.05) is 4.90 Å². The summed E-state index contributed by atoms with van der Waals surface area (Å²) in [5.41, 5.74) is 0.409. The first kappa shape index (κ1) is 19.4. The number of hydrogen-bond donors (Lipinski definition) is 2. The number of nitrogens with one attached hydrogen (secondary N) is 2. The van der Waals surface area contributed by atoms with E-state index in [4.69, 9.17) is 16.1 Å². The number of hydrogen-bond acceptors (Lipinski definition) is 7. The van der Waals surface area contributed by atoms with Gasteiger partial charge in [0.05, 0.1) is 10.6 Å². The van der Waals surface area contributed by atoms with Crippen LogP contribution in [-0.4, -0.2) is 37.5 Å². The highest BCUT2D eigenvalue weighted by Gasteiger charge is 2.25. The summed E-state index contributed by atoms with van der Waals surface area (Å²) in [7, 11) is 0. The molecule has 3 aromatic rings. The van der Waals surface area contributed by atoms with Gasteiger partial charge in [-0.15, -0.1) is 11.8 Å². The van der Waals surface area contributed by atoms with Gasteiger partial charge < -0.3 is 9.84 Å². The van der Waals surface area contributed by atoms with Crippen LogP contribution >= 0.6 is 23.4 Å². The number of amides is 1. The number of carbonyl (C=O) groups is 1. The molecule has 0 bridgehead atoms. The number of H-pyrrole nitrogens is 1. The van der Waals surface area contributed by atoms with Crippen LogP contribution < -0.4 is 5.32 Å². The SMILES string of the molecule is CSc1ccc(Cl)c(C(=O)NC(CC(C)C)c2nc(-c3ncn[nH]3)no2)c1. The molecule has 2 N–H and O–H groups in total. The fourth-order valence-corrected chi connectivity index (χ4v) is 3.16. The van der Waals surface area contributed by atoms with Crippen LogP contribution in [0.2, 0.25) is 5.02 Å². The molecule has 2 heterocycles. The van der Waals surface area contributed by atoms with Crippen LogP contribution in [0.1, 0.15) is 42.6 Å². The van der Waals surface area contributed by atoms with Crippen molar-refractivity contribution in [2.75, 3.05) is 6.26 Å². The van der Waals surface area contributed by atoms with Crippen LogP contribution in [0.5, 0.6) is 0 Å². The molecule has 0 saturated carbocycles. The zero-order chi connectivity index (χ0) is 19.4. The zero-order valence-electron chi connectivity index (χ0n) is 15.1. The first-order chi connectivity index (χ1) is 13.0. The van der Waals surface area contributed by atoms with E-state index in [1.165, 1.54) is 6.33 Å². The fourth-order valence-electron chi connectivity index (χ4n) is 2.52. The maximum Gasteiger partial charge on any atom is 0.253 e. The number of aromatic nitrogens is 5. The van der Waals surface area contributed by atoms with E-state index >= 15 is 0 Å². The first-order valence-electron chi connectivity index (χ1n) is 8.31. The van der Waals surface area contributed by atoms with Gasteiger partial charge in [0.15, 0.2) is 5.82 Å². The van der Waals surface area contributed by atoms with Gasteiger partial charge in [0.1, 0.15) is 12.4 Å². The van der Waals surface area contributed by atoms with Crippen LogP contribution in [0.25, 0.3) is 11.6 Å².